The van der Waals surface area contributed by atoms with Crippen molar-refractivity contribution in [1.82, 2.24) is 24.3 Å². The molecule has 0 fully saturated rings. The second kappa shape index (κ2) is 10.4. The third kappa shape index (κ3) is 4.98. The van der Waals surface area contributed by atoms with Gasteiger partial charge in [0.1, 0.15) is 30.1 Å². The van der Waals surface area contributed by atoms with Gasteiger partial charge in [0.05, 0.1) is 11.0 Å². The summed E-state index contributed by atoms with van der Waals surface area (Å²) in [5.41, 5.74) is 4.49. The Labute approximate surface area is 208 Å². The van der Waals surface area contributed by atoms with E-state index >= 15 is 0 Å². The summed E-state index contributed by atoms with van der Waals surface area (Å²) in [7, 11) is 0. The fourth-order valence-corrected chi connectivity index (χ4v) is 3.47. The summed E-state index contributed by atoms with van der Waals surface area (Å²) in [6, 6.07) is 14.9. The number of pyridine rings is 1. The maximum Gasteiger partial charge on any atom is 0.198 e. The van der Waals surface area contributed by atoms with Gasteiger partial charge in [-0.1, -0.05) is 11.6 Å². The lowest BCUT2D eigenvalue weighted by Crippen LogP contribution is -2.09. The summed E-state index contributed by atoms with van der Waals surface area (Å²) in [6.07, 6.45) is 5.49. The number of aromatic nitrogens is 5. The standard InChI is InChI=1S/C26H23N9O/c1-17(2)5-9-24(29-4)31-19-6-7-21-22(14-19)34(16-30-21)25-10-8-23(36-12-11-27)26(32-25)35-18(3)13-20(15-28)33-35/h5-10,13-14,16,31H,4,12H2,1-3H3/b24-9+. The van der Waals surface area contributed by atoms with Gasteiger partial charge in [-0.15, -0.1) is 0 Å². The van der Waals surface area contributed by atoms with Crippen LogP contribution in [0.1, 0.15) is 25.2 Å². The molecule has 178 valence electrons. The van der Waals surface area contributed by atoms with E-state index in [2.05, 4.69) is 27.1 Å². The lowest BCUT2D eigenvalue weighted by atomic mass is 10.2. The Hall–Kier alpha value is -5.22. The second-order valence-corrected chi connectivity index (χ2v) is 8.03. The van der Waals surface area contributed by atoms with Crippen molar-refractivity contribution in [2.75, 3.05) is 11.9 Å². The Morgan fingerprint density at radius 1 is 1.19 bits per heavy atom. The van der Waals surface area contributed by atoms with Crippen LogP contribution >= 0.6 is 0 Å². The largest absolute Gasteiger partial charge is 0.475 e. The molecule has 4 rings (SSSR count). The fraction of sp³-hybridized carbons (Fsp3) is 0.154. The summed E-state index contributed by atoms with van der Waals surface area (Å²) in [4.78, 5) is 13.3. The summed E-state index contributed by atoms with van der Waals surface area (Å²) < 4.78 is 8.94. The van der Waals surface area contributed by atoms with E-state index in [0.29, 0.717) is 28.9 Å². The van der Waals surface area contributed by atoms with Crippen molar-refractivity contribution >= 4 is 23.4 Å². The maximum absolute atomic E-state index is 9.27. The van der Waals surface area contributed by atoms with Crippen LogP contribution < -0.4 is 10.1 Å². The van der Waals surface area contributed by atoms with Gasteiger partial charge in [0.25, 0.3) is 0 Å². The average molecular weight is 478 g/mol. The number of anilines is 1. The molecule has 0 saturated heterocycles. The average Bonchev–Trinajstić information content (AvgIpc) is 3.47. The lowest BCUT2D eigenvalue weighted by Gasteiger charge is -2.13. The van der Waals surface area contributed by atoms with Gasteiger partial charge in [-0.2, -0.15) is 15.6 Å². The normalized spacial score (nSPS) is 11.0. The molecule has 10 heteroatoms. The van der Waals surface area contributed by atoms with Gasteiger partial charge >= 0.3 is 0 Å². The van der Waals surface area contributed by atoms with Crippen LogP contribution in [0.2, 0.25) is 0 Å². The van der Waals surface area contributed by atoms with Crippen molar-refractivity contribution < 1.29 is 4.74 Å². The number of allylic oxidation sites excluding steroid dienone is 3. The predicted octanol–water partition coefficient (Wildman–Crippen LogP) is 4.61. The first-order chi connectivity index (χ1) is 17.4. The third-order valence-corrected chi connectivity index (χ3v) is 5.13. The van der Waals surface area contributed by atoms with Crippen molar-refractivity contribution in [2.24, 2.45) is 4.99 Å². The van der Waals surface area contributed by atoms with E-state index in [1.54, 1.807) is 24.5 Å². The van der Waals surface area contributed by atoms with Crippen LogP contribution in [0.4, 0.5) is 5.69 Å². The molecular weight excluding hydrogens is 454 g/mol. The highest BCUT2D eigenvalue weighted by molar-refractivity contribution is 5.81. The number of nitrogens with one attached hydrogen (secondary N) is 1. The monoisotopic (exact) mass is 477 g/mol. The number of hydrogen-bond donors (Lipinski definition) is 1. The van der Waals surface area contributed by atoms with Gasteiger partial charge in [0.15, 0.2) is 23.9 Å². The molecule has 0 amide bonds. The smallest absolute Gasteiger partial charge is 0.198 e. The zero-order chi connectivity index (χ0) is 25.7. The van der Waals surface area contributed by atoms with Gasteiger partial charge < -0.3 is 10.1 Å². The second-order valence-electron chi connectivity index (χ2n) is 8.03. The molecule has 0 radical (unpaired) electrons. The third-order valence-electron chi connectivity index (χ3n) is 5.13. The minimum Gasteiger partial charge on any atom is -0.475 e. The van der Waals surface area contributed by atoms with Crippen LogP contribution in [0.5, 0.6) is 5.75 Å². The highest BCUT2D eigenvalue weighted by Crippen LogP contribution is 2.27. The number of aliphatic imine (C=N–C) groups is 1. The Kier molecular flexibility index (Phi) is 6.89. The number of hydrogen-bond acceptors (Lipinski definition) is 8. The van der Waals surface area contributed by atoms with Crippen LogP contribution in [0.3, 0.4) is 0 Å². The number of benzene rings is 1. The molecule has 3 aromatic heterocycles. The number of ether oxygens (including phenoxy) is 1. The molecule has 0 aliphatic carbocycles. The van der Waals surface area contributed by atoms with Crippen LogP contribution in [-0.2, 0) is 0 Å². The highest BCUT2D eigenvalue weighted by atomic mass is 16.5. The number of rotatable bonds is 8. The molecule has 4 aromatic rings. The van der Waals surface area contributed by atoms with Gasteiger partial charge in [0.2, 0.25) is 0 Å². The minimum atomic E-state index is -0.150. The topological polar surface area (TPSA) is 130 Å². The maximum atomic E-state index is 9.27. The molecule has 0 atom stereocenters. The van der Waals surface area contributed by atoms with Gasteiger partial charge in [-0.05, 0) is 70.0 Å². The van der Waals surface area contributed by atoms with Crippen molar-refractivity contribution in [2.45, 2.75) is 20.8 Å². The first kappa shape index (κ1) is 23.9. The van der Waals surface area contributed by atoms with Crippen LogP contribution in [0.15, 0.2) is 71.3 Å². The van der Waals surface area contributed by atoms with Crippen LogP contribution in [0, 0.1) is 29.6 Å². The quantitative estimate of drug-likeness (QED) is 0.290. The van der Waals surface area contributed by atoms with Crippen LogP contribution in [0.25, 0.3) is 22.7 Å². The Bertz CT molecular complexity index is 1590. The number of aryl methyl sites for hydroxylation is 1. The molecule has 0 aliphatic rings. The molecule has 0 spiro atoms. The van der Waals surface area contributed by atoms with Gasteiger partial charge in [-0.3, -0.25) is 4.57 Å². The van der Waals surface area contributed by atoms with Crippen molar-refractivity contribution in [3.63, 3.8) is 0 Å². The first-order valence-electron chi connectivity index (χ1n) is 11.0. The van der Waals surface area contributed by atoms with Gasteiger partial charge in [0, 0.05) is 11.4 Å². The van der Waals surface area contributed by atoms with Crippen molar-refractivity contribution in [3.05, 3.63) is 77.7 Å². The lowest BCUT2D eigenvalue weighted by molar-refractivity contribution is 0.363. The molecule has 10 nitrogen and oxygen atoms in total. The molecule has 36 heavy (non-hydrogen) atoms. The van der Waals surface area contributed by atoms with E-state index in [9.17, 15) is 5.26 Å². The number of nitrogens with zero attached hydrogens (tertiary/aromatic N) is 8. The minimum absolute atomic E-state index is 0.150. The molecule has 1 aromatic carbocycles. The Balaban J connectivity index is 1.79. The summed E-state index contributed by atoms with van der Waals surface area (Å²) in [6.45, 7) is 9.31. The molecule has 0 aliphatic heterocycles. The number of nitriles is 2. The van der Waals surface area contributed by atoms with E-state index < -0.39 is 0 Å². The van der Waals surface area contributed by atoms with Crippen molar-refractivity contribution in [3.8, 4) is 29.5 Å². The molecule has 0 saturated carbocycles. The fourth-order valence-electron chi connectivity index (χ4n) is 3.47. The highest BCUT2D eigenvalue weighted by Gasteiger charge is 2.16. The zero-order valence-corrected chi connectivity index (χ0v) is 20.1. The van der Waals surface area contributed by atoms with Crippen molar-refractivity contribution in [1.29, 1.82) is 10.5 Å². The Morgan fingerprint density at radius 2 is 2.03 bits per heavy atom. The number of fused-ring (bicyclic) bond motifs is 1. The molecule has 0 bridgehead atoms. The predicted molar refractivity (Wildman–Crippen MR) is 137 cm³/mol. The molecule has 3 heterocycles. The van der Waals surface area contributed by atoms with E-state index in [1.165, 1.54) is 4.68 Å². The van der Waals surface area contributed by atoms with E-state index in [-0.39, 0.29) is 12.3 Å². The molecule has 0 unspecified atom stereocenters. The summed E-state index contributed by atoms with van der Waals surface area (Å²) in [5, 5.41) is 25.8. The SMILES string of the molecule is C=N/C(=C\C=C(C)C)Nc1ccc2ncn(-c3ccc(OCC#N)c(-n4nc(C#N)cc4C)n3)c2c1. The van der Waals surface area contributed by atoms with E-state index in [0.717, 1.165) is 22.3 Å². The summed E-state index contributed by atoms with van der Waals surface area (Å²) >= 11 is 0. The Morgan fingerprint density at radius 3 is 2.72 bits per heavy atom. The van der Waals surface area contributed by atoms with Crippen LogP contribution in [-0.4, -0.2) is 37.6 Å². The number of imidazole rings is 1. The van der Waals surface area contributed by atoms with E-state index in [1.807, 2.05) is 67.8 Å². The summed E-state index contributed by atoms with van der Waals surface area (Å²) in [5.74, 6) is 1.91. The molecular formula is C26H23N9O. The van der Waals surface area contributed by atoms with Gasteiger partial charge in [-0.25, -0.2) is 19.6 Å². The zero-order valence-electron chi connectivity index (χ0n) is 20.1. The van der Waals surface area contributed by atoms with E-state index in [4.69, 9.17) is 15.0 Å². The molecule has 1 N–H and O–H groups in total. The first-order valence-corrected chi connectivity index (χ1v) is 11.0.